The minimum absolute atomic E-state index is 0.186. The Morgan fingerprint density at radius 1 is 1.21 bits per heavy atom. The molecule has 0 atom stereocenters. The van der Waals surface area contributed by atoms with Crippen LogP contribution in [0.4, 0.5) is 5.13 Å². The lowest BCUT2D eigenvalue weighted by molar-refractivity contribution is -0.118. The number of nitrogens with zero attached hydrogens (tertiary/aromatic N) is 1. The maximum Gasteiger partial charge on any atom is 0.336 e. The molecule has 0 aliphatic rings. The van der Waals surface area contributed by atoms with Crippen molar-refractivity contribution in [2.75, 3.05) is 11.9 Å². The SMILES string of the molecule is Cc1cc(=O)oc2cc(OCC(=O)Nc3nc(-c4ccc(Br)cc4)cs3)ccc12. The van der Waals surface area contributed by atoms with Crippen LogP contribution < -0.4 is 15.7 Å². The van der Waals surface area contributed by atoms with Gasteiger partial charge in [0.25, 0.3) is 5.91 Å². The molecule has 8 heteroatoms. The zero-order valence-electron chi connectivity index (χ0n) is 15.3. The van der Waals surface area contributed by atoms with E-state index in [9.17, 15) is 9.59 Å². The first kappa shape index (κ1) is 19.4. The van der Waals surface area contributed by atoms with Crippen molar-refractivity contribution in [1.82, 2.24) is 4.98 Å². The molecule has 2 aromatic heterocycles. The molecule has 2 heterocycles. The average molecular weight is 471 g/mol. The van der Waals surface area contributed by atoms with Crippen LogP contribution in [0.5, 0.6) is 5.75 Å². The van der Waals surface area contributed by atoms with E-state index < -0.39 is 5.63 Å². The summed E-state index contributed by atoms with van der Waals surface area (Å²) in [5.74, 6) is 0.114. The molecule has 0 fully saturated rings. The first-order valence-corrected chi connectivity index (χ1v) is 10.3. The van der Waals surface area contributed by atoms with Crippen LogP contribution in [-0.2, 0) is 4.79 Å². The number of aryl methyl sites for hydroxylation is 1. The molecule has 146 valence electrons. The number of halogens is 1. The van der Waals surface area contributed by atoms with Crippen molar-refractivity contribution >= 4 is 49.3 Å². The molecule has 0 aliphatic heterocycles. The first-order valence-electron chi connectivity index (χ1n) is 8.66. The highest BCUT2D eigenvalue weighted by Gasteiger charge is 2.10. The molecule has 6 nitrogen and oxygen atoms in total. The van der Waals surface area contributed by atoms with Gasteiger partial charge in [-0.1, -0.05) is 28.1 Å². The van der Waals surface area contributed by atoms with Crippen LogP contribution >= 0.6 is 27.3 Å². The molecule has 0 saturated heterocycles. The van der Waals surface area contributed by atoms with E-state index in [0.717, 1.165) is 26.7 Å². The lowest BCUT2D eigenvalue weighted by Crippen LogP contribution is -2.20. The average Bonchev–Trinajstić information content (AvgIpc) is 3.15. The second kappa shape index (κ2) is 8.18. The molecule has 0 unspecified atom stereocenters. The summed E-state index contributed by atoms with van der Waals surface area (Å²) in [7, 11) is 0. The van der Waals surface area contributed by atoms with Crippen LogP contribution in [0.3, 0.4) is 0 Å². The third-order valence-corrected chi connectivity index (χ3v) is 5.47. The molecule has 0 radical (unpaired) electrons. The van der Waals surface area contributed by atoms with E-state index in [2.05, 4.69) is 26.2 Å². The zero-order valence-corrected chi connectivity index (χ0v) is 17.7. The fraction of sp³-hybridized carbons (Fsp3) is 0.0952. The van der Waals surface area contributed by atoms with E-state index in [4.69, 9.17) is 9.15 Å². The number of nitrogens with one attached hydrogen (secondary N) is 1. The largest absolute Gasteiger partial charge is 0.484 e. The summed E-state index contributed by atoms with van der Waals surface area (Å²) in [4.78, 5) is 28.2. The first-order chi connectivity index (χ1) is 14.0. The Morgan fingerprint density at radius 2 is 2.00 bits per heavy atom. The lowest BCUT2D eigenvalue weighted by Gasteiger charge is -2.07. The summed E-state index contributed by atoms with van der Waals surface area (Å²) in [5, 5.41) is 5.93. The van der Waals surface area contributed by atoms with Gasteiger partial charge in [-0.3, -0.25) is 10.1 Å². The molecule has 0 saturated carbocycles. The van der Waals surface area contributed by atoms with Crippen LogP contribution in [0.1, 0.15) is 5.56 Å². The standard InChI is InChI=1S/C21H15BrN2O4S/c1-12-8-20(26)28-18-9-15(6-7-16(12)18)27-10-19(25)24-21-23-17(11-29-21)13-2-4-14(22)5-3-13/h2-9,11H,10H2,1H3,(H,23,24,25). The van der Waals surface area contributed by atoms with Crippen molar-refractivity contribution in [2.24, 2.45) is 0 Å². The second-order valence-corrected chi connectivity index (χ2v) is 8.06. The summed E-state index contributed by atoms with van der Waals surface area (Å²) in [6.07, 6.45) is 0. The Morgan fingerprint density at radius 3 is 2.79 bits per heavy atom. The summed E-state index contributed by atoms with van der Waals surface area (Å²) in [5.41, 5.74) is 2.58. The molecule has 4 rings (SSSR count). The maximum absolute atomic E-state index is 12.2. The minimum atomic E-state index is -0.421. The van der Waals surface area contributed by atoms with E-state index in [1.54, 1.807) is 18.2 Å². The predicted molar refractivity (Wildman–Crippen MR) is 117 cm³/mol. The zero-order chi connectivity index (χ0) is 20.4. The van der Waals surface area contributed by atoms with Crippen molar-refractivity contribution in [3.8, 4) is 17.0 Å². The molecular weight excluding hydrogens is 456 g/mol. The third kappa shape index (κ3) is 4.55. The fourth-order valence-electron chi connectivity index (χ4n) is 2.78. The Labute approximate surface area is 178 Å². The summed E-state index contributed by atoms with van der Waals surface area (Å²) in [6.45, 7) is 1.65. The monoisotopic (exact) mass is 470 g/mol. The number of thiazole rings is 1. The number of amides is 1. The summed E-state index contributed by atoms with van der Waals surface area (Å²) in [6, 6.07) is 14.4. The van der Waals surface area contributed by atoms with E-state index in [1.807, 2.05) is 36.6 Å². The molecule has 0 bridgehead atoms. The van der Waals surface area contributed by atoms with Crippen molar-refractivity contribution < 1.29 is 13.9 Å². The van der Waals surface area contributed by atoms with Gasteiger partial charge in [0.15, 0.2) is 11.7 Å². The van der Waals surface area contributed by atoms with E-state index >= 15 is 0 Å². The highest BCUT2D eigenvalue weighted by molar-refractivity contribution is 9.10. The van der Waals surface area contributed by atoms with Crippen LogP contribution in [0.25, 0.3) is 22.2 Å². The van der Waals surface area contributed by atoms with Gasteiger partial charge in [0.2, 0.25) is 0 Å². The molecular formula is C21H15BrN2O4S. The molecule has 2 aromatic carbocycles. The molecule has 1 N–H and O–H groups in total. The third-order valence-electron chi connectivity index (χ3n) is 4.18. The van der Waals surface area contributed by atoms with Gasteiger partial charge in [-0.15, -0.1) is 11.3 Å². The normalized spacial score (nSPS) is 10.8. The number of fused-ring (bicyclic) bond motifs is 1. The van der Waals surface area contributed by atoms with Crippen LogP contribution in [0, 0.1) is 6.92 Å². The van der Waals surface area contributed by atoms with Gasteiger partial charge >= 0.3 is 5.63 Å². The van der Waals surface area contributed by atoms with Gasteiger partial charge in [0, 0.05) is 32.9 Å². The van der Waals surface area contributed by atoms with E-state index in [1.165, 1.54) is 17.4 Å². The number of anilines is 1. The van der Waals surface area contributed by atoms with Crippen molar-refractivity contribution in [3.05, 3.63) is 74.4 Å². The fourth-order valence-corrected chi connectivity index (χ4v) is 3.78. The quantitative estimate of drug-likeness (QED) is 0.414. The van der Waals surface area contributed by atoms with E-state index in [0.29, 0.717) is 16.5 Å². The van der Waals surface area contributed by atoms with Crippen molar-refractivity contribution in [2.45, 2.75) is 6.92 Å². The van der Waals surface area contributed by atoms with E-state index in [-0.39, 0.29) is 12.5 Å². The topological polar surface area (TPSA) is 81.4 Å². The van der Waals surface area contributed by atoms with Crippen LogP contribution in [0.2, 0.25) is 0 Å². The Kier molecular flexibility index (Phi) is 5.46. The number of aromatic nitrogens is 1. The smallest absolute Gasteiger partial charge is 0.336 e. The van der Waals surface area contributed by atoms with Crippen molar-refractivity contribution in [3.63, 3.8) is 0 Å². The summed E-state index contributed by atoms with van der Waals surface area (Å²) < 4.78 is 11.7. The number of benzene rings is 2. The number of carbonyl (C=O) groups excluding carboxylic acids is 1. The van der Waals surface area contributed by atoms with Gasteiger partial charge < -0.3 is 9.15 Å². The van der Waals surface area contributed by atoms with Crippen molar-refractivity contribution in [1.29, 1.82) is 0 Å². The number of rotatable bonds is 5. The van der Waals surface area contributed by atoms with Crippen LogP contribution in [-0.4, -0.2) is 17.5 Å². The molecule has 29 heavy (non-hydrogen) atoms. The van der Waals surface area contributed by atoms with Gasteiger partial charge in [0.05, 0.1) is 5.69 Å². The second-order valence-electron chi connectivity index (χ2n) is 6.29. The Bertz CT molecular complexity index is 1250. The highest BCUT2D eigenvalue weighted by atomic mass is 79.9. The number of carbonyl (C=O) groups is 1. The lowest BCUT2D eigenvalue weighted by atomic mass is 10.1. The number of hydrogen-bond acceptors (Lipinski definition) is 6. The van der Waals surface area contributed by atoms with Crippen LogP contribution in [0.15, 0.2) is 67.6 Å². The number of ether oxygens (including phenoxy) is 1. The molecule has 0 spiro atoms. The minimum Gasteiger partial charge on any atom is -0.484 e. The molecule has 4 aromatic rings. The number of hydrogen-bond donors (Lipinski definition) is 1. The van der Waals surface area contributed by atoms with Gasteiger partial charge in [0.1, 0.15) is 11.3 Å². The van der Waals surface area contributed by atoms with Gasteiger partial charge in [-0.25, -0.2) is 9.78 Å². The highest BCUT2D eigenvalue weighted by Crippen LogP contribution is 2.26. The molecule has 1 amide bonds. The maximum atomic E-state index is 12.2. The Balaban J connectivity index is 1.40. The Hall–Kier alpha value is -2.97. The van der Waals surface area contributed by atoms with Gasteiger partial charge in [-0.05, 0) is 36.8 Å². The molecule has 0 aliphatic carbocycles. The van der Waals surface area contributed by atoms with Gasteiger partial charge in [-0.2, -0.15) is 0 Å². The predicted octanol–water partition coefficient (Wildman–Crippen LogP) is 5.00. The summed E-state index contributed by atoms with van der Waals surface area (Å²) >= 11 is 4.75.